The second-order valence-electron chi connectivity index (χ2n) is 8.15. The van der Waals surface area contributed by atoms with Crippen molar-refractivity contribution in [2.75, 3.05) is 25.4 Å². The lowest BCUT2D eigenvalue weighted by Crippen LogP contribution is -2.57. The normalized spacial score (nSPS) is 18.4. The minimum atomic E-state index is -2.93. The fourth-order valence-corrected chi connectivity index (χ4v) is 5.75. The van der Waals surface area contributed by atoms with Gasteiger partial charge in [0.15, 0.2) is 0 Å². The van der Waals surface area contributed by atoms with Crippen molar-refractivity contribution in [3.8, 4) is 0 Å². The van der Waals surface area contributed by atoms with E-state index < -0.39 is 21.7 Å². The third kappa shape index (κ3) is 6.81. The Hall–Kier alpha value is -0.890. The van der Waals surface area contributed by atoms with E-state index >= 15 is 0 Å². The van der Waals surface area contributed by atoms with Gasteiger partial charge in [-0.15, -0.1) is 0 Å². The first-order chi connectivity index (χ1) is 13.5. The number of rotatable bonds is 7. The molecule has 1 aliphatic heterocycles. The molecule has 1 saturated carbocycles. The van der Waals surface area contributed by atoms with Crippen molar-refractivity contribution in [2.45, 2.75) is 46.5 Å². The zero-order chi connectivity index (χ0) is 21.8. The third-order valence-corrected chi connectivity index (χ3v) is 7.61. The largest absolute Gasteiger partial charge is 0.352 e. The Morgan fingerprint density at radius 3 is 2.38 bits per heavy atom. The zero-order valence-electron chi connectivity index (χ0n) is 17.1. The van der Waals surface area contributed by atoms with Gasteiger partial charge in [-0.1, -0.05) is 49.9 Å². The highest BCUT2D eigenvalue weighted by Crippen LogP contribution is 2.45. The summed E-state index contributed by atoms with van der Waals surface area (Å²) in [5.74, 6) is 0.142. The molecule has 164 valence electrons. The first-order valence-corrected chi connectivity index (χ1v) is 12.3. The Kier molecular flexibility index (Phi) is 8.36. The number of hydrogen-bond acceptors (Lipinski definition) is 3. The second-order valence-corrected chi connectivity index (χ2v) is 11.1. The molecule has 0 spiro atoms. The summed E-state index contributed by atoms with van der Waals surface area (Å²) in [6.07, 6.45) is 4.66. The summed E-state index contributed by atoms with van der Waals surface area (Å²) in [6, 6.07) is 2.23. The van der Waals surface area contributed by atoms with Crippen molar-refractivity contribution in [1.82, 2.24) is 9.62 Å². The van der Waals surface area contributed by atoms with E-state index in [1.165, 1.54) is 25.3 Å². The maximum Gasteiger partial charge on any atom is 0.252 e. The molecule has 9 heteroatoms. The predicted molar refractivity (Wildman–Crippen MR) is 116 cm³/mol. The molecular weight excluding hydrogens is 438 g/mol. The number of sulfonamides is 1. The Morgan fingerprint density at radius 2 is 1.86 bits per heavy atom. The lowest BCUT2D eigenvalue weighted by Gasteiger charge is -2.47. The number of halogens is 3. The van der Waals surface area contributed by atoms with E-state index in [-0.39, 0.29) is 21.0 Å². The van der Waals surface area contributed by atoms with E-state index in [0.29, 0.717) is 12.3 Å². The fraction of sp³-hybridized carbons (Fsp3) is 0.650. The Bertz CT molecular complexity index is 838. The van der Waals surface area contributed by atoms with Gasteiger partial charge in [-0.2, -0.15) is 0 Å². The van der Waals surface area contributed by atoms with Crippen molar-refractivity contribution >= 4 is 39.1 Å². The highest BCUT2D eigenvalue weighted by Gasteiger charge is 2.46. The van der Waals surface area contributed by atoms with Crippen LogP contribution in [0.5, 0.6) is 0 Å². The number of hydrogen-bond donors (Lipinski definition) is 1. The maximum atomic E-state index is 13.0. The molecular formula is C20H29Cl2FN2O3S. The molecule has 1 aromatic rings. The van der Waals surface area contributed by atoms with Crippen molar-refractivity contribution in [3.63, 3.8) is 0 Å². The van der Waals surface area contributed by atoms with Crippen LogP contribution in [-0.4, -0.2) is 44.0 Å². The number of amides is 1. The Morgan fingerprint density at radius 1 is 1.24 bits per heavy atom. The van der Waals surface area contributed by atoms with Crippen LogP contribution >= 0.6 is 23.2 Å². The number of nitrogens with zero attached hydrogens (tertiary/aromatic N) is 1. The van der Waals surface area contributed by atoms with Crippen molar-refractivity contribution in [1.29, 1.82) is 0 Å². The van der Waals surface area contributed by atoms with E-state index in [9.17, 15) is 17.6 Å². The van der Waals surface area contributed by atoms with Gasteiger partial charge >= 0.3 is 0 Å². The molecule has 1 amide bonds. The second kappa shape index (κ2) is 9.94. The molecule has 1 aromatic carbocycles. The molecule has 0 unspecified atom stereocenters. The van der Waals surface area contributed by atoms with E-state index in [0.717, 1.165) is 31.5 Å². The molecule has 2 aliphatic rings. The zero-order valence-corrected chi connectivity index (χ0v) is 19.4. The number of carbonyl (C=O) groups excluding carboxylic acids is 1. The van der Waals surface area contributed by atoms with Gasteiger partial charge in [0, 0.05) is 19.6 Å². The molecule has 1 N–H and O–H groups in total. The average molecular weight is 467 g/mol. The van der Waals surface area contributed by atoms with E-state index in [1.54, 1.807) is 11.2 Å². The molecule has 0 bridgehead atoms. The van der Waals surface area contributed by atoms with Gasteiger partial charge in [-0.25, -0.2) is 17.1 Å². The summed E-state index contributed by atoms with van der Waals surface area (Å²) in [5.41, 5.74) is 0.373. The molecule has 29 heavy (non-hydrogen) atoms. The van der Waals surface area contributed by atoms with Crippen molar-refractivity contribution < 1.29 is 17.6 Å². The molecule has 0 aromatic heterocycles. The summed E-state index contributed by atoms with van der Waals surface area (Å²) in [6.45, 7) is 7.87. The number of benzene rings is 1. The van der Waals surface area contributed by atoms with Crippen LogP contribution in [-0.2, 0) is 10.0 Å². The van der Waals surface area contributed by atoms with Gasteiger partial charge in [0.05, 0.1) is 21.4 Å². The summed E-state index contributed by atoms with van der Waals surface area (Å²) in [4.78, 5) is 11.3. The third-order valence-electron chi connectivity index (χ3n) is 5.04. The lowest BCUT2D eigenvalue weighted by molar-refractivity contribution is 0.0743. The van der Waals surface area contributed by atoms with Crippen molar-refractivity contribution in [3.05, 3.63) is 33.6 Å². The molecule has 0 radical (unpaired) electrons. The van der Waals surface area contributed by atoms with Crippen LogP contribution in [0.1, 0.15) is 56.8 Å². The van der Waals surface area contributed by atoms with Gasteiger partial charge in [0.1, 0.15) is 5.82 Å². The fourth-order valence-electron chi connectivity index (χ4n) is 3.49. The van der Waals surface area contributed by atoms with Crippen LogP contribution in [0.15, 0.2) is 12.1 Å². The minimum absolute atomic E-state index is 0.0930. The molecule has 2 fully saturated rings. The minimum Gasteiger partial charge on any atom is -0.352 e. The van der Waals surface area contributed by atoms with Crippen LogP contribution in [0.2, 0.25) is 10.0 Å². The standard InChI is InChI=1S/C11H21NO2S.C9H8Cl2FNO/c1-3-6-15(13,14)12-8-11(2,9-12)7-10-4-5-10;1-2-13-9(14)5-3-8(12)7(11)4-6(5)10/h10H,3-9H2,1-2H3;3-4H,2H2,1H3,(H,13,14). The van der Waals surface area contributed by atoms with E-state index in [4.69, 9.17) is 23.2 Å². The average Bonchev–Trinajstić information content (AvgIpc) is 3.40. The van der Waals surface area contributed by atoms with Gasteiger partial charge in [0.2, 0.25) is 10.0 Å². The van der Waals surface area contributed by atoms with Gasteiger partial charge < -0.3 is 5.32 Å². The highest BCUT2D eigenvalue weighted by molar-refractivity contribution is 7.89. The topological polar surface area (TPSA) is 66.5 Å². The van der Waals surface area contributed by atoms with Gasteiger partial charge in [0.25, 0.3) is 5.91 Å². The van der Waals surface area contributed by atoms with Gasteiger partial charge in [-0.3, -0.25) is 4.79 Å². The van der Waals surface area contributed by atoms with Crippen LogP contribution in [0.25, 0.3) is 0 Å². The van der Waals surface area contributed by atoms with Gasteiger partial charge in [-0.05, 0) is 43.2 Å². The van der Waals surface area contributed by atoms with Crippen LogP contribution < -0.4 is 5.32 Å². The van der Waals surface area contributed by atoms with Crippen LogP contribution in [0.3, 0.4) is 0 Å². The molecule has 5 nitrogen and oxygen atoms in total. The monoisotopic (exact) mass is 466 g/mol. The first kappa shape index (κ1) is 24.4. The maximum absolute atomic E-state index is 13.0. The molecule has 1 aliphatic carbocycles. The first-order valence-electron chi connectivity index (χ1n) is 9.92. The SMILES string of the molecule is CCCS(=O)(=O)N1CC(C)(CC2CC2)C1.CCNC(=O)c1cc(F)c(Cl)cc1Cl. The molecule has 1 saturated heterocycles. The molecule has 0 atom stereocenters. The van der Waals surface area contributed by atoms with E-state index in [2.05, 4.69) is 12.2 Å². The highest BCUT2D eigenvalue weighted by atomic mass is 35.5. The number of carbonyl (C=O) groups is 1. The summed E-state index contributed by atoms with van der Waals surface area (Å²) in [5, 5.41) is 2.56. The summed E-state index contributed by atoms with van der Waals surface area (Å²) >= 11 is 11.2. The number of nitrogens with one attached hydrogen (secondary N) is 1. The van der Waals surface area contributed by atoms with Crippen LogP contribution in [0.4, 0.5) is 4.39 Å². The Labute approximate surface area is 183 Å². The molecule has 1 heterocycles. The predicted octanol–water partition coefficient (Wildman–Crippen LogP) is 4.73. The lowest BCUT2D eigenvalue weighted by atomic mass is 9.79. The van der Waals surface area contributed by atoms with E-state index in [1.807, 2.05) is 6.92 Å². The summed E-state index contributed by atoms with van der Waals surface area (Å²) < 4.78 is 38.1. The summed E-state index contributed by atoms with van der Waals surface area (Å²) in [7, 11) is -2.93. The quantitative estimate of drug-likeness (QED) is 0.590. The van der Waals surface area contributed by atoms with Crippen molar-refractivity contribution in [2.24, 2.45) is 11.3 Å². The molecule has 3 rings (SSSR count). The van der Waals surface area contributed by atoms with Crippen LogP contribution in [0, 0.1) is 17.2 Å². The Balaban J connectivity index is 0.000000208. The smallest absolute Gasteiger partial charge is 0.252 e.